The third-order valence-corrected chi connectivity index (χ3v) is 3.88. The van der Waals surface area contributed by atoms with Crippen LogP contribution in [0.4, 0.5) is 4.79 Å². The molecule has 0 atom stereocenters. The minimum atomic E-state index is -0.114. The molecule has 21 heavy (non-hydrogen) atoms. The van der Waals surface area contributed by atoms with Crippen LogP contribution in [0.3, 0.4) is 0 Å². The van der Waals surface area contributed by atoms with Gasteiger partial charge in [-0.2, -0.15) is 0 Å². The van der Waals surface area contributed by atoms with Crippen LogP contribution >= 0.6 is 15.9 Å². The fourth-order valence-electron chi connectivity index (χ4n) is 2.22. The van der Waals surface area contributed by atoms with Crippen molar-refractivity contribution >= 4 is 22.0 Å². The lowest BCUT2D eigenvalue weighted by Gasteiger charge is -2.26. The second-order valence-corrected chi connectivity index (χ2v) is 5.96. The predicted octanol–water partition coefficient (Wildman–Crippen LogP) is 1.97. The molecule has 1 aromatic rings. The summed E-state index contributed by atoms with van der Waals surface area (Å²) in [4.78, 5) is 14.1. The zero-order valence-corrected chi connectivity index (χ0v) is 13.7. The van der Waals surface area contributed by atoms with Gasteiger partial charge in [-0.1, -0.05) is 28.1 Å². The average molecular weight is 356 g/mol. The number of carbonyl (C=O) groups excluding carboxylic acids is 1. The second kappa shape index (κ2) is 9.02. The summed E-state index contributed by atoms with van der Waals surface area (Å²) in [6.07, 6.45) is 0.963. The molecule has 2 N–H and O–H groups in total. The molecule has 1 saturated heterocycles. The number of morpholine rings is 1. The SMILES string of the molecule is O=C(NCCCN1CCOCC1)NCc1cccc(Br)c1. The maximum absolute atomic E-state index is 11.7. The summed E-state index contributed by atoms with van der Waals surface area (Å²) in [7, 11) is 0. The molecule has 0 radical (unpaired) electrons. The van der Waals surface area contributed by atoms with Crippen LogP contribution in [0.5, 0.6) is 0 Å². The van der Waals surface area contributed by atoms with Crippen LogP contribution in [0.15, 0.2) is 28.7 Å². The molecule has 0 unspecified atom stereocenters. The fourth-order valence-corrected chi connectivity index (χ4v) is 2.67. The maximum Gasteiger partial charge on any atom is 0.315 e. The number of urea groups is 1. The van der Waals surface area contributed by atoms with Crippen molar-refractivity contribution in [3.8, 4) is 0 Å². The number of hydrogen-bond donors (Lipinski definition) is 2. The largest absolute Gasteiger partial charge is 0.379 e. The topological polar surface area (TPSA) is 53.6 Å². The summed E-state index contributed by atoms with van der Waals surface area (Å²) < 4.78 is 6.32. The van der Waals surface area contributed by atoms with Gasteiger partial charge in [0.15, 0.2) is 0 Å². The molecular formula is C15H22BrN3O2. The zero-order chi connectivity index (χ0) is 14.9. The molecular weight excluding hydrogens is 334 g/mol. The van der Waals surface area contributed by atoms with Crippen molar-refractivity contribution in [2.75, 3.05) is 39.4 Å². The van der Waals surface area contributed by atoms with E-state index in [2.05, 4.69) is 31.5 Å². The number of benzene rings is 1. The number of halogens is 1. The predicted molar refractivity (Wildman–Crippen MR) is 86.3 cm³/mol. The molecule has 116 valence electrons. The molecule has 0 spiro atoms. The van der Waals surface area contributed by atoms with E-state index in [1.807, 2.05) is 24.3 Å². The Hall–Kier alpha value is -1.11. The van der Waals surface area contributed by atoms with E-state index in [1.165, 1.54) is 0 Å². The number of carbonyl (C=O) groups is 1. The van der Waals surface area contributed by atoms with Crippen molar-refractivity contribution in [3.05, 3.63) is 34.3 Å². The van der Waals surface area contributed by atoms with Gasteiger partial charge in [0.2, 0.25) is 0 Å². The van der Waals surface area contributed by atoms with E-state index in [-0.39, 0.29) is 6.03 Å². The molecule has 6 heteroatoms. The van der Waals surface area contributed by atoms with E-state index < -0.39 is 0 Å². The van der Waals surface area contributed by atoms with Gasteiger partial charge >= 0.3 is 6.03 Å². The minimum absolute atomic E-state index is 0.114. The molecule has 1 heterocycles. The van der Waals surface area contributed by atoms with Crippen LogP contribution in [0, 0.1) is 0 Å². The summed E-state index contributed by atoms with van der Waals surface area (Å²) >= 11 is 3.42. The molecule has 2 rings (SSSR count). The Morgan fingerprint density at radius 1 is 1.29 bits per heavy atom. The normalized spacial score (nSPS) is 15.7. The van der Waals surface area contributed by atoms with E-state index in [0.717, 1.165) is 49.3 Å². The lowest BCUT2D eigenvalue weighted by molar-refractivity contribution is 0.0375. The molecule has 0 aromatic heterocycles. The van der Waals surface area contributed by atoms with Gasteiger partial charge in [0.1, 0.15) is 0 Å². The number of amides is 2. The van der Waals surface area contributed by atoms with Crippen molar-refractivity contribution in [2.24, 2.45) is 0 Å². The minimum Gasteiger partial charge on any atom is -0.379 e. The Kier molecular flexibility index (Phi) is 6.99. The first kappa shape index (κ1) is 16.3. The van der Waals surface area contributed by atoms with E-state index in [0.29, 0.717) is 13.1 Å². The molecule has 1 aromatic carbocycles. The molecule has 0 aliphatic carbocycles. The molecule has 2 amide bonds. The van der Waals surface area contributed by atoms with Gasteiger partial charge in [-0.15, -0.1) is 0 Å². The number of nitrogens with zero attached hydrogens (tertiary/aromatic N) is 1. The van der Waals surface area contributed by atoms with Crippen molar-refractivity contribution < 1.29 is 9.53 Å². The second-order valence-electron chi connectivity index (χ2n) is 5.05. The van der Waals surface area contributed by atoms with Crippen LogP contribution in [0.2, 0.25) is 0 Å². The van der Waals surface area contributed by atoms with Gasteiger partial charge in [-0.25, -0.2) is 4.79 Å². The van der Waals surface area contributed by atoms with E-state index in [1.54, 1.807) is 0 Å². The molecule has 1 aliphatic rings. The highest BCUT2D eigenvalue weighted by Crippen LogP contribution is 2.11. The fraction of sp³-hybridized carbons (Fsp3) is 0.533. The Labute approximate surface area is 134 Å². The highest BCUT2D eigenvalue weighted by Gasteiger charge is 2.09. The number of hydrogen-bond acceptors (Lipinski definition) is 3. The molecule has 5 nitrogen and oxygen atoms in total. The summed E-state index contributed by atoms with van der Waals surface area (Å²) in [5.41, 5.74) is 1.08. The Morgan fingerprint density at radius 3 is 2.86 bits per heavy atom. The molecule has 1 fully saturated rings. The van der Waals surface area contributed by atoms with Crippen molar-refractivity contribution in [2.45, 2.75) is 13.0 Å². The summed E-state index contributed by atoms with van der Waals surface area (Å²) in [6, 6.07) is 7.80. The van der Waals surface area contributed by atoms with E-state index in [4.69, 9.17) is 4.74 Å². The monoisotopic (exact) mass is 355 g/mol. The Balaban J connectivity index is 1.55. The van der Waals surface area contributed by atoms with Gasteiger partial charge < -0.3 is 15.4 Å². The van der Waals surface area contributed by atoms with Gasteiger partial charge in [0, 0.05) is 30.7 Å². The van der Waals surface area contributed by atoms with Crippen molar-refractivity contribution in [3.63, 3.8) is 0 Å². The summed E-state index contributed by atoms with van der Waals surface area (Å²) in [5.74, 6) is 0. The number of ether oxygens (including phenoxy) is 1. The highest BCUT2D eigenvalue weighted by atomic mass is 79.9. The van der Waals surface area contributed by atoms with Gasteiger partial charge in [0.25, 0.3) is 0 Å². The lowest BCUT2D eigenvalue weighted by Crippen LogP contribution is -2.39. The highest BCUT2D eigenvalue weighted by molar-refractivity contribution is 9.10. The maximum atomic E-state index is 11.7. The van der Waals surface area contributed by atoms with E-state index >= 15 is 0 Å². The smallest absolute Gasteiger partial charge is 0.315 e. The van der Waals surface area contributed by atoms with Crippen molar-refractivity contribution in [1.29, 1.82) is 0 Å². The first-order valence-corrected chi connectivity index (χ1v) is 8.09. The van der Waals surface area contributed by atoms with Crippen molar-refractivity contribution in [1.82, 2.24) is 15.5 Å². The first-order chi connectivity index (χ1) is 10.2. The average Bonchev–Trinajstić information content (AvgIpc) is 2.51. The third kappa shape index (κ3) is 6.46. The van der Waals surface area contributed by atoms with Crippen LogP contribution in [-0.4, -0.2) is 50.3 Å². The van der Waals surface area contributed by atoms with Crippen LogP contribution in [-0.2, 0) is 11.3 Å². The van der Waals surface area contributed by atoms with E-state index in [9.17, 15) is 4.79 Å². The first-order valence-electron chi connectivity index (χ1n) is 7.30. The van der Waals surface area contributed by atoms with Gasteiger partial charge in [0.05, 0.1) is 13.2 Å². The lowest BCUT2D eigenvalue weighted by atomic mass is 10.2. The standard InChI is InChI=1S/C15H22BrN3O2/c16-14-4-1-3-13(11-14)12-18-15(20)17-5-2-6-19-7-9-21-10-8-19/h1,3-4,11H,2,5-10,12H2,(H2,17,18,20). The third-order valence-electron chi connectivity index (χ3n) is 3.38. The Morgan fingerprint density at radius 2 is 2.10 bits per heavy atom. The summed E-state index contributed by atoms with van der Waals surface area (Å²) in [5, 5.41) is 5.75. The van der Waals surface area contributed by atoms with Crippen LogP contribution in [0.1, 0.15) is 12.0 Å². The van der Waals surface area contributed by atoms with Crippen LogP contribution < -0.4 is 10.6 Å². The quantitative estimate of drug-likeness (QED) is 0.767. The number of rotatable bonds is 6. The summed E-state index contributed by atoms with van der Waals surface area (Å²) in [6.45, 7) is 5.87. The zero-order valence-electron chi connectivity index (χ0n) is 12.1. The molecule has 0 bridgehead atoms. The number of nitrogens with one attached hydrogen (secondary N) is 2. The van der Waals surface area contributed by atoms with Gasteiger partial charge in [-0.3, -0.25) is 4.90 Å². The molecule has 1 aliphatic heterocycles. The van der Waals surface area contributed by atoms with Crippen LogP contribution in [0.25, 0.3) is 0 Å². The van der Waals surface area contributed by atoms with Gasteiger partial charge in [-0.05, 0) is 30.7 Å². The Bertz CT molecular complexity index is 450. The molecule has 0 saturated carbocycles.